The maximum Gasteiger partial charge on any atom is 0.233 e. The number of benzene rings is 2. The number of anilines is 5. The lowest BCUT2D eigenvalue weighted by Gasteiger charge is -2.27. The standard InChI is InChI=1S/C22H26N6O.ClH/c1-3-17-7-9-18(10-8-17)23-20-25-21(24-19-6-4-5-16(2)15-19)27-22(26-20)28-11-13-29-14-12-28;/h4-10,15H,3,11-14H2,1-2H3,(H2,23,24,25,26,27);1H. The molecule has 1 aliphatic heterocycles. The number of hydrogen-bond acceptors (Lipinski definition) is 7. The topological polar surface area (TPSA) is 75.2 Å². The van der Waals surface area contributed by atoms with Gasteiger partial charge in [-0.1, -0.05) is 31.2 Å². The van der Waals surface area contributed by atoms with Gasteiger partial charge in [-0.25, -0.2) is 0 Å². The molecule has 7 nitrogen and oxygen atoms in total. The van der Waals surface area contributed by atoms with Crippen LogP contribution in [0.5, 0.6) is 0 Å². The van der Waals surface area contributed by atoms with Crippen LogP contribution in [0.2, 0.25) is 0 Å². The van der Waals surface area contributed by atoms with E-state index in [1.807, 2.05) is 24.3 Å². The molecule has 3 aromatic rings. The van der Waals surface area contributed by atoms with Crippen molar-refractivity contribution in [2.24, 2.45) is 0 Å². The quantitative estimate of drug-likeness (QED) is 0.601. The van der Waals surface area contributed by atoms with Gasteiger partial charge in [0.15, 0.2) is 0 Å². The Morgan fingerprint density at radius 1 is 0.900 bits per heavy atom. The Hall–Kier alpha value is -2.90. The molecule has 8 heteroatoms. The van der Waals surface area contributed by atoms with Crippen LogP contribution in [-0.4, -0.2) is 41.3 Å². The average molecular weight is 427 g/mol. The molecule has 1 fully saturated rings. The molecule has 2 aromatic carbocycles. The Morgan fingerprint density at radius 3 is 2.20 bits per heavy atom. The monoisotopic (exact) mass is 426 g/mol. The van der Waals surface area contributed by atoms with E-state index in [4.69, 9.17) is 4.74 Å². The van der Waals surface area contributed by atoms with E-state index in [0.717, 1.165) is 30.9 Å². The number of nitrogens with zero attached hydrogens (tertiary/aromatic N) is 4. The van der Waals surface area contributed by atoms with Crippen LogP contribution in [0.4, 0.5) is 29.2 Å². The van der Waals surface area contributed by atoms with Gasteiger partial charge in [0.05, 0.1) is 13.2 Å². The van der Waals surface area contributed by atoms with Crippen LogP contribution in [-0.2, 0) is 11.2 Å². The van der Waals surface area contributed by atoms with E-state index in [-0.39, 0.29) is 12.4 Å². The first-order valence-electron chi connectivity index (χ1n) is 9.98. The number of rotatable bonds is 6. The second-order valence-corrected chi connectivity index (χ2v) is 7.05. The number of morpholine rings is 1. The summed E-state index contributed by atoms with van der Waals surface area (Å²) in [6.07, 6.45) is 1.01. The van der Waals surface area contributed by atoms with E-state index in [2.05, 4.69) is 68.6 Å². The Morgan fingerprint density at radius 2 is 1.57 bits per heavy atom. The molecule has 2 heterocycles. The van der Waals surface area contributed by atoms with Crippen molar-refractivity contribution < 1.29 is 4.74 Å². The molecule has 2 N–H and O–H groups in total. The summed E-state index contributed by atoms with van der Waals surface area (Å²) in [5, 5.41) is 6.62. The van der Waals surface area contributed by atoms with Crippen LogP contribution in [0.25, 0.3) is 0 Å². The number of nitrogens with one attached hydrogen (secondary N) is 2. The molecule has 0 aliphatic carbocycles. The first kappa shape index (κ1) is 21.8. The molecule has 0 saturated carbocycles. The van der Waals surface area contributed by atoms with Crippen molar-refractivity contribution >= 4 is 41.6 Å². The van der Waals surface area contributed by atoms with E-state index in [1.54, 1.807) is 0 Å². The SMILES string of the molecule is CCc1ccc(Nc2nc(Nc3cccc(C)c3)nc(N3CCOCC3)n2)cc1.Cl. The van der Waals surface area contributed by atoms with Crippen LogP contribution >= 0.6 is 12.4 Å². The third-order valence-electron chi connectivity index (χ3n) is 4.81. The van der Waals surface area contributed by atoms with Gasteiger partial charge in [-0.2, -0.15) is 15.0 Å². The van der Waals surface area contributed by atoms with Gasteiger partial charge in [0.1, 0.15) is 0 Å². The predicted octanol–water partition coefficient (Wildman–Crippen LogP) is 4.49. The summed E-state index contributed by atoms with van der Waals surface area (Å²) >= 11 is 0. The fourth-order valence-electron chi connectivity index (χ4n) is 3.19. The fraction of sp³-hybridized carbons (Fsp3) is 0.318. The molecule has 0 atom stereocenters. The van der Waals surface area contributed by atoms with Crippen LogP contribution in [0.3, 0.4) is 0 Å². The molecule has 30 heavy (non-hydrogen) atoms. The van der Waals surface area contributed by atoms with Crippen molar-refractivity contribution in [3.05, 3.63) is 59.7 Å². The summed E-state index contributed by atoms with van der Waals surface area (Å²) < 4.78 is 5.46. The van der Waals surface area contributed by atoms with Crippen LogP contribution in [0, 0.1) is 6.92 Å². The third kappa shape index (κ3) is 5.58. The van der Waals surface area contributed by atoms with Gasteiger partial charge in [-0.15, -0.1) is 12.4 Å². The van der Waals surface area contributed by atoms with Gasteiger partial charge in [0.2, 0.25) is 17.8 Å². The molecular weight excluding hydrogens is 400 g/mol. The Balaban J connectivity index is 0.00000256. The van der Waals surface area contributed by atoms with E-state index in [1.165, 1.54) is 11.1 Å². The van der Waals surface area contributed by atoms with Gasteiger partial charge >= 0.3 is 0 Å². The molecule has 4 rings (SSSR count). The molecule has 0 radical (unpaired) electrons. The van der Waals surface area contributed by atoms with Gasteiger partial charge < -0.3 is 20.3 Å². The lowest BCUT2D eigenvalue weighted by Crippen LogP contribution is -2.37. The minimum absolute atomic E-state index is 0. The van der Waals surface area contributed by atoms with Crippen molar-refractivity contribution in [2.45, 2.75) is 20.3 Å². The van der Waals surface area contributed by atoms with Crippen molar-refractivity contribution in [1.29, 1.82) is 0 Å². The van der Waals surface area contributed by atoms with Gasteiger partial charge in [-0.05, 0) is 48.7 Å². The molecule has 1 saturated heterocycles. The average Bonchev–Trinajstić information content (AvgIpc) is 2.75. The van der Waals surface area contributed by atoms with Gasteiger partial charge in [-0.3, -0.25) is 0 Å². The summed E-state index contributed by atoms with van der Waals surface area (Å²) in [5.41, 5.74) is 4.36. The predicted molar refractivity (Wildman–Crippen MR) is 124 cm³/mol. The highest BCUT2D eigenvalue weighted by Crippen LogP contribution is 2.21. The van der Waals surface area contributed by atoms with E-state index in [9.17, 15) is 0 Å². The van der Waals surface area contributed by atoms with Crippen LogP contribution in [0.1, 0.15) is 18.1 Å². The molecule has 158 valence electrons. The smallest absolute Gasteiger partial charge is 0.233 e. The summed E-state index contributed by atoms with van der Waals surface area (Å²) in [6.45, 7) is 7.08. The van der Waals surface area contributed by atoms with Crippen molar-refractivity contribution in [1.82, 2.24) is 15.0 Å². The summed E-state index contributed by atoms with van der Waals surface area (Å²) in [7, 11) is 0. The Bertz CT molecular complexity index is 960. The second kappa shape index (κ2) is 10.2. The van der Waals surface area contributed by atoms with Crippen molar-refractivity contribution in [3.63, 3.8) is 0 Å². The molecule has 1 aliphatic rings. The molecule has 0 spiro atoms. The number of aryl methyl sites for hydroxylation is 2. The Labute approximate surface area is 183 Å². The fourth-order valence-corrected chi connectivity index (χ4v) is 3.19. The molecule has 0 bridgehead atoms. The lowest BCUT2D eigenvalue weighted by molar-refractivity contribution is 0.122. The lowest BCUT2D eigenvalue weighted by atomic mass is 10.1. The van der Waals surface area contributed by atoms with Gasteiger partial charge in [0, 0.05) is 24.5 Å². The van der Waals surface area contributed by atoms with E-state index in [0.29, 0.717) is 31.1 Å². The zero-order valence-corrected chi connectivity index (χ0v) is 18.1. The second-order valence-electron chi connectivity index (χ2n) is 7.05. The summed E-state index contributed by atoms with van der Waals surface area (Å²) in [4.78, 5) is 16.0. The molecular formula is C22H27ClN6O. The van der Waals surface area contributed by atoms with E-state index < -0.39 is 0 Å². The number of hydrogen-bond donors (Lipinski definition) is 2. The first-order chi connectivity index (χ1) is 14.2. The normalized spacial score (nSPS) is 13.5. The Kier molecular flexibility index (Phi) is 7.43. The van der Waals surface area contributed by atoms with Crippen LogP contribution < -0.4 is 15.5 Å². The largest absolute Gasteiger partial charge is 0.378 e. The van der Waals surface area contributed by atoms with Gasteiger partial charge in [0.25, 0.3) is 0 Å². The van der Waals surface area contributed by atoms with E-state index >= 15 is 0 Å². The highest BCUT2D eigenvalue weighted by Gasteiger charge is 2.17. The molecule has 0 amide bonds. The molecule has 1 aromatic heterocycles. The minimum Gasteiger partial charge on any atom is -0.378 e. The first-order valence-corrected chi connectivity index (χ1v) is 9.98. The summed E-state index contributed by atoms with van der Waals surface area (Å²) in [6, 6.07) is 16.4. The maximum atomic E-state index is 5.46. The summed E-state index contributed by atoms with van der Waals surface area (Å²) in [5.74, 6) is 1.67. The zero-order valence-electron chi connectivity index (χ0n) is 17.3. The number of ether oxygens (including phenoxy) is 1. The molecule has 0 unspecified atom stereocenters. The maximum absolute atomic E-state index is 5.46. The minimum atomic E-state index is 0. The number of aromatic nitrogens is 3. The number of halogens is 1. The zero-order chi connectivity index (χ0) is 20.1. The highest BCUT2D eigenvalue weighted by atomic mass is 35.5. The van der Waals surface area contributed by atoms with Crippen LogP contribution in [0.15, 0.2) is 48.5 Å². The van der Waals surface area contributed by atoms with Crippen molar-refractivity contribution in [2.75, 3.05) is 41.8 Å². The van der Waals surface area contributed by atoms with Crippen molar-refractivity contribution in [3.8, 4) is 0 Å². The third-order valence-corrected chi connectivity index (χ3v) is 4.81. The highest BCUT2D eigenvalue weighted by molar-refractivity contribution is 5.85.